The molecule has 0 aliphatic heterocycles. The van der Waals surface area contributed by atoms with Crippen LogP contribution in [0.5, 0.6) is 0 Å². The number of alkyl halides is 3. The van der Waals surface area contributed by atoms with Crippen molar-refractivity contribution in [2.45, 2.75) is 24.0 Å². The molecule has 1 N–H and O–H groups in total. The fraction of sp³-hybridized carbons (Fsp3) is 0.200. The van der Waals surface area contributed by atoms with Gasteiger partial charge in [-0.2, -0.15) is 13.2 Å². The van der Waals surface area contributed by atoms with Crippen LogP contribution in [0.1, 0.15) is 21.5 Å². The zero-order chi connectivity index (χ0) is 18.0. The van der Waals surface area contributed by atoms with E-state index in [4.69, 9.17) is 0 Å². The zero-order valence-electron chi connectivity index (χ0n) is 12.5. The van der Waals surface area contributed by atoms with E-state index in [0.717, 1.165) is 23.4 Å². The van der Waals surface area contributed by atoms with Crippen molar-refractivity contribution < 1.29 is 26.4 Å². The quantitative estimate of drug-likeness (QED) is 0.912. The van der Waals surface area contributed by atoms with Gasteiger partial charge in [0.15, 0.2) is 5.03 Å². The zero-order valence-corrected chi connectivity index (χ0v) is 13.3. The summed E-state index contributed by atoms with van der Waals surface area (Å²) in [6.45, 7) is 1.86. The van der Waals surface area contributed by atoms with Crippen molar-refractivity contribution in [3.8, 4) is 0 Å². The maximum Gasteiger partial charge on any atom is 0.503 e. The Kier molecular flexibility index (Phi) is 4.93. The fourth-order valence-corrected chi connectivity index (χ4v) is 2.84. The van der Waals surface area contributed by atoms with Gasteiger partial charge in [-0.3, -0.25) is 4.79 Å². The molecule has 2 rings (SSSR count). The molecule has 0 bridgehead atoms. The van der Waals surface area contributed by atoms with E-state index in [-0.39, 0.29) is 6.54 Å². The number of carbonyl (C=O) groups excluding carboxylic acids is 1. The van der Waals surface area contributed by atoms with E-state index >= 15 is 0 Å². The molecular formula is C15H13F3N2O3S. The van der Waals surface area contributed by atoms with E-state index in [9.17, 15) is 26.4 Å². The lowest BCUT2D eigenvalue weighted by Crippen LogP contribution is -2.30. The van der Waals surface area contributed by atoms with E-state index in [2.05, 4.69) is 10.3 Å². The third-order valence-electron chi connectivity index (χ3n) is 3.28. The molecule has 0 radical (unpaired) electrons. The summed E-state index contributed by atoms with van der Waals surface area (Å²) in [7, 11) is -5.72. The number of aromatic nitrogens is 1. The number of hydrogen-bond donors (Lipinski definition) is 1. The van der Waals surface area contributed by atoms with E-state index in [1.54, 1.807) is 18.2 Å². The van der Waals surface area contributed by atoms with E-state index < -0.39 is 31.8 Å². The molecule has 1 aromatic carbocycles. The molecule has 5 nitrogen and oxygen atoms in total. The lowest BCUT2D eigenvalue weighted by molar-refractivity contribution is -0.0438. The first kappa shape index (κ1) is 17.9. The summed E-state index contributed by atoms with van der Waals surface area (Å²) in [6, 6.07) is 9.28. The molecule has 0 aliphatic carbocycles. The van der Waals surface area contributed by atoms with Gasteiger partial charge in [-0.15, -0.1) is 0 Å². The predicted molar refractivity (Wildman–Crippen MR) is 79.8 cm³/mol. The molecule has 1 aromatic heterocycles. The molecule has 0 saturated heterocycles. The third kappa shape index (κ3) is 3.56. The summed E-state index contributed by atoms with van der Waals surface area (Å²) in [6.07, 6.45) is 0.886. The number of rotatable bonds is 4. The molecule has 0 unspecified atom stereocenters. The summed E-state index contributed by atoms with van der Waals surface area (Å²) in [5, 5.41) is 1.10. The van der Waals surface area contributed by atoms with E-state index in [1.807, 2.05) is 13.0 Å². The van der Waals surface area contributed by atoms with Crippen LogP contribution in [-0.4, -0.2) is 24.8 Å². The SMILES string of the molecule is Cc1ccccc1CNC(=O)c1cccnc1S(=O)(=O)C(F)(F)F. The van der Waals surface area contributed by atoms with Crippen molar-refractivity contribution in [2.75, 3.05) is 0 Å². The van der Waals surface area contributed by atoms with Crippen molar-refractivity contribution >= 4 is 15.7 Å². The van der Waals surface area contributed by atoms with Gasteiger partial charge in [-0.1, -0.05) is 24.3 Å². The molecule has 0 fully saturated rings. The first-order valence-corrected chi connectivity index (χ1v) is 8.22. The minimum atomic E-state index is -5.72. The Morgan fingerprint density at radius 1 is 1.17 bits per heavy atom. The number of carbonyl (C=O) groups is 1. The highest BCUT2D eigenvalue weighted by Gasteiger charge is 2.49. The predicted octanol–water partition coefficient (Wildman–Crippen LogP) is 2.61. The minimum absolute atomic E-state index is 0.0475. The van der Waals surface area contributed by atoms with Crippen LogP contribution in [-0.2, 0) is 16.4 Å². The lowest BCUT2D eigenvalue weighted by atomic mass is 10.1. The molecule has 9 heteroatoms. The Hall–Kier alpha value is -2.42. The molecule has 1 amide bonds. The summed E-state index contributed by atoms with van der Waals surface area (Å²) < 4.78 is 61.2. The number of nitrogens with one attached hydrogen (secondary N) is 1. The highest BCUT2D eigenvalue weighted by atomic mass is 32.2. The second-order valence-electron chi connectivity index (χ2n) is 4.91. The molecule has 24 heavy (non-hydrogen) atoms. The molecular weight excluding hydrogens is 345 g/mol. The maximum absolute atomic E-state index is 12.7. The van der Waals surface area contributed by atoms with Crippen molar-refractivity contribution in [2.24, 2.45) is 0 Å². The highest BCUT2D eigenvalue weighted by molar-refractivity contribution is 7.92. The molecule has 0 saturated carbocycles. The van der Waals surface area contributed by atoms with Crippen molar-refractivity contribution in [3.63, 3.8) is 0 Å². The van der Waals surface area contributed by atoms with Crippen LogP contribution in [0.4, 0.5) is 13.2 Å². The molecule has 2 aromatic rings. The Labute approximate surface area is 136 Å². The van der Waals surface area contributed by atoms with Crippen LogP contribution in [0.3, 0.4) is 0 Å². The Morgan fingerprint density at radius 3 is 2.46 bits per heavy atom. The standard InChI is InChI=1S/C15H13F3N2O3S/c1-10-5-2-3-6-11(10)9-20-13(21)12-7-4-8-19-14(12)24(22,23)15(16,17)18/h2-8H,9H2,1H3,(H,20,21). The average Bonchev–Trinajstić information content (AvgIpc) is 2.52. The topological polar surface area (TPSA) is 76.1 Å². The van der Waals surface area contributed by atoms with Crippen LogP contribution in [0.2, 0.25) is 0 Å². The number of hydrogen-bond acceptors (Lipinski definition) is 4. The maximum atomic E-state index is 12.7. The minimum Gasteiger partial charge on any atom is -0.348 e. The second-order valence-corrected chi connectivity index (χ2v) is 6.77. The van der Waals surface area contributed by atoms with Gasteiger partial charge in [0.1, 0.15) is 0 Å². The summed E-state index contributed by atoms with van der Waals surface area (Å²) >= 11 is 0. The Morgan fingerprint density at radius 2 is 1.83 bits per heavy atom. The number of aryl methyl sites for hydroxylation is 1. The molecule has 0 aliphatic rings. The van der Waals surface area contributed by atoms with Crippen LogP contribution >= 0.6 is 0 Å². The van der Waals surface area contributed by atoms with Crippen LogP contribution in [0, 0.1) is 6.92 Å². The summed E-state index contributed by atoms with van der Waals surface area (Å²) in [5.74, 6) is -0.950. The number of benzene rings is 1. The van der Waals surface area contributed by atoms with Crippen LogP contribution < -0.4 is 5.32 Å². The first-order chi connectivity index (χ1) is 11.1. The van der Waals surface area contributed by atoms with Gasteiger partial charge in [0.2, 0.25) is 0 Å². The number of pyridine rings is 1. The number of amides is 1. The highest BCUT2D eigenvalue weighted by Crippen LogP contribution is 2.30. The molecule has 1 heterocycles. The van der Waals surface area contributed by atoms with Gasteiger partial charge in [-0.25, -0.2) is 13.4 Å². The second kappa shape index (κ2) is 6.60. The first-order valence-electron chi connectivity index (χ1n) is 6.73. The molecule has 0 spiro atoms. The lowest BCUT2D eigenvalue weighted by Gasteiger charge is -2.12. The monoisotopic (exact) mass is 358 g/mol. The smallest absolute Gasteiger partial charge is 0.348 e. The van der Waals surface area contributed by atoms with Gasteiger partial charge in [0, 0.05) is 12.7 Å². The fourth-order valence-electron chi connectivity index (χ4n) is 1.97. The molecule has 0 atom stereocenters. The van der Waals surface area contributed by atoms with Gasteiger partial charge in [0.25, 0.3) is 15.7 Å². The van der Waals surface area contributed by atoms with Gasteiger partial charge in [-0.05, 0) is 30.2 Å². The normalized spacial score (nSPS) is 12.0. The van der Waals surface area contributed by atoms with Gasteiger partial charge >= 0.3 is 5.51 Å². The summed E-state index contributed by atoms with van der Waals surface area (Å²) in [5.41, 5.74) is -4.54. The Bertz CT molecular complexity index is 864. The van der Waals surface area contributed by atoms with Crippen molar-refractivity contribution in [1.29, 1.82) is 0 Å². The van der Waals surface area contributed by atoms with E-state index in [0.29, 0.717) is 0 Å². The van der Waals surface area contributed by atoms with Gasteiger partial charge in [0.05, 0.1) is 5.56 Å². The van der Waals surface area contributed by atoms with Crippen LogP contribution in [0.25, 0.3) is 0 Å². The third-order valence-corrected chi connectivity index (χ3v) is 4.72. The molecule has 128 valence electrons. The number of halogens is 3. The summed E-state index contributed by atoms with van der Waals surface area (Å²) in [4.78, 5) is 15.4. The largest absolute Gasteiger partial charge is 0.503 e. The Balaban J connectivity index is 2.30. The van der Waals surface area contributed by atoms with Crippen molar-refractivity contribution in [3.05, 3.63) is 59.3 Å². The number of sulfone groups is 1. The average molecular weight is 358 g/mol. The van der Waals surface area contributed by atoms with Crippen molar-refractivity contribution in [1.82, 2.24) is 10.3 Å². The van der Waals surface area contributed by atoms with Crippen LogP contribution in [0.15, 0.2) is 47.6 Å². The van der Waals surface area contributed by atoms with Gasteiger partial charge < -0.3 is 5.32 Å². The van der Waals surface area contributed by atoms with E-state index in [1.165, 1.54) is 6.07 Å². The number of nitrogens with zero attached hydrogens (tertiary/aromatic N) is 1.